The molecular weight excluding hydrogens is 241 g/mol. The zero-order valence-electron chi connectivity index (χ0n) is 10.2. The third-order valence-electron chi connectivity index (χ3n) is 3.26. The first kappa shape index (κ1) is 11.7. The van der Waals surface area contributed by atoms with Crippen LogP contribution in [-0.4, -0.2) is 11.0 Å². The van der Waals surface area contributed by atoms with Gasteiger partial charge in [0.25, 0.3) is 0 Å². The molecule has 0 aliphatic heterocycles. The SMILES string of the molecule is N#Cc1cccc(N[C@@H]2C[C@H]2c2cccc(F)c2)n1. The van der Waals surface area contributed by atoms with E-state index >= 15 is 0 Å². The van der Waals surface area contributed by atoms with Crippen molar-refractivity contribution in [2.75, 3.05) is 5.32 Å². The highest BCUT2D eigenvalue weighted by molar-refractivity contribution is 5.43. The van der Waals surface area contributed by atoms with E-state index in [9.17, 15) is 4.39 Å². The number of rotatable bonds is 3. The number of halogens is 1. The van der Waals surface area contributed by atoms with Crippen LogP contribution in [0.15, 0.2) is 42.5 Å². The van der Waals surface area contributed by atoms with Gasteiger partial charge in [0, 0.05) is 12.0 Å². The average Bonchev–Trinajstić information content (AvgIpc) is 3.18. The highest BCUT2D eigenvalue weighted by Crippen LogP contribution is 2.42. The predicted molar refractivity (Wildman–Crippen MR) is 70.1 cm³/mol. The van der Waals surface area contributed by atoms with Crippen LogP contribution in [0, 0.1) is 17.1 Å². The minimum Gasteiger partial charge on any atom is -0.367 e. The molecule has 1 aromatic heterocycles. The van der Waals surface area contributed by atoms with Crippen molar-refractivity contribution in [2.24, 2.45) is 0 Å². The molecule has 2 atom stereocenters. The lowest BCUT2D eigenvalue weighted by atomic mass is 10.1. The fourth-order valence-corrected chi connectivity index (χ4v) is 2.23. The van der Waals surface area contributed by atoms with Crippen LogP contribution in [0.1, 0.15) is 23.6 Å². The van der Waals surface area contributed by atoms with Crippen LogP contribution in [0.25, 0.3) is 0 Å². The smallest absolute Gasteiger partial charge is 0.142 e. The molecule has 1 saturated carbocycles. The Morgan fingerprint density at radius 1 is 1.26 bits per heavy atom. The maximum absolute atomic E-state index is 13.1. The Morgan fingerprint density at radius 2 is 2.11 bits per heavy atom. The summed E-state index contributed by atoms with van der Waals surface area (Å²) in [5.41, 5.74) is 1.40. The lowest BCUT2D eigenvalue weighted by Crippen LogP contribution is -2.06. The molecule has 1 heterocycles. The second kappa shape index (κ2) is 4.69. The summed E-state index contributed by atoms with van der Waals surface area (Å²) in [7, 11) is 0. The molecule has 1 N–H and O–H groups in total. The molecule has 19 heavy (non-hydrogen) atoms. The summed E-state index contributed by atoms with van der Waals surface area (Å²) in [6.45, 7) is 0. The van der Waals surface area contributed by atoms with Crippen LogP contribution < -0.4 is 5.32 Å². The van der Waals surface area contributed by atoms with Gasteiger partial charge in [0.2, 0.25) is 0 Å². The van der Waals surface area contributed by atoms with E-state index in [2.05, 4.69) is 10.3 Å². The average molecular weight is 253 g/mol. The molecule has 0 unspecified atom stereocenters. The van der Waals surface area contributed by atoms with Crippen LogP contribution in [0.4, 0.5) is 10.2 Å². The molecule has 4 heteroatoms. The van der Waals surface area contributed by atoms with Crippen molar-refractivity contribution < 1.29 is 4.39 Å². The normalized spacial score (nSPS) is 20.6. The van der Waals surface area contributed by atoms with Crippen molar-refractivity contribution >= 4 is 5.82 Å². The van der Waals surface area contributed by atoms with Crippen LogP contribution in [-0.2, 0) is 0 Å². The van der Waals surface area contributed by atoms with Gasteiger partial charge >= 0.3 is 0 Å². The highest BCUT2D eigenvalue weighted by Gasteiger charge is 2.38. The monoisotopic (exact) mass is 253 g/mol. The number of aromatic nitrogens is 1. The first-order valence-corrected chi connectivity index (χ1v) is 6.15. The van der Waals surface area contributed by atoms with Crippen molar-refractivity contribution in [2.45, 2.75) is 18.4 Å². The summed E-state index contributed by atoms with van der Waals surface area (Å²) >= 11 is 0. The molecule has 1 aliphatic rings. The Balaban J connectivity index is 1.69. The van der Waals surface area contributed by atoms with E-state index in [0.717, 1.165) is 12.0 Å². The van der Waals surface area contributed by atoms with Crippen molar-refractivity contribution in [3.63, 3.8) is 0 Å². The summed E-state index contributed by atoms with van der Waals surface area (Å²) < 4.78 is 13.1. The lowest BCUT2D eigenvalue weighted by Gasteiger charge is -2.05. The van der Waals surface area contributed by atoms with Crippen molar-refractivity contribution in [3.05, 3.63) is 59.5 Å². The summed E-state index contributed by atoms with van der Waals surface area (Å²) in [5.74, 6) is 0.818. The van der Waals surface area contributed by atoms with Gasteiger partial charge < -0.3 is 5.32 Å². The minimum absolute atomic E-state index is 0.201. The molecule has 0 radical (unpaired) electrons. The fraction of sp³-hybridized carbons (Fsp3) is 0.200. The Morgan fingerprint density at radius 3 is 2.89 bits per heavy atom. The number of hydrogen-bond donors (Lipinski definition) is 1. The third kappa shape index (κ3) is 2.55. The third-order valence-corrected chi connectivity index (χ3v) is 3.26. The molecule has 3 nitrogen and oxygen atoms in total. The van der Waals surface area contributed by atoms with E-state index < -0.39 is 0 Å². The molecule has 3 rings (SSSR count). The first-order chi connectivity index (χ1) is 9.26. The number of nitrogens with one attached hydrogen (secondary N) is 1. The quantitative estimate of drug-likeness (QED) is 0.914. The molecular formula is C15H12FN3. The van der Waals surface area contributed by atoms with Gasteiger partial charge in [-0.15, -0.1) is 0 Å². The fourth-order valence-electron chi connectivity index (χ4n) is 2.23. The van der Waals surface area contributed by atoms with Crippen LogP contribution in [0.3, 0.4) is 0 Å². The van der Waals surface area contributed by atoms with Gasteiger partial charge in [-0.3, -0.25) is 0 Å². The second-order valence-electron chi connectivity index (χ2n) is 4.67. The molecule has 1 fully saturated rings. The Labute approximate surface area is 110 Å². The number of benzene rings is 1. The molecule has 0 amide bonds. The topological polar surface area (TPSA) is 48.7 Å². The van der Waals surface area contributed by atoms with Gasteiger partial charge in [-0.1, -0.05) is 18.2 Å². The first-order valence-electron chi connectivity index (χ1n) is 6.15. The molecule has 0 saturated heterocycles. The summed E-state index contributed by atoms with van der Waals surface area (Å²) in [6.07, 6.45) is 0.960. The highest BCUT2D eigenvalue weighted by atomic mass is 19.1. The van der Waals surface area contributed by atoms with Crippen molar-refractivity contribution in [1.82, 2.24) is 4.98 Å². The standard InChI is InChI=1S/C15H12FN3/c16-11-4-1-3-10(7-11)13-8-14(13)19-15-6-2-5-12(9-17)18-15/h1-7,13-14H,8H2,(H,18,19)/t13-,14+/m0/s1. The van der Waals surface area contributed by atoms with Gasteiger partial charge in [-0.2, -0.15) is 5.26 Å². The molecule has 94 valence electrons. The van der Waals surface area contributed by atoms with Gasteiger partial charge in [0.1, 0.15) is 23.4 Å². The number of anilines is 1. The second-order valence-corrected chi connectivity index (χ2v) is 4.67. The van der Waals surface area contributed by atoms with E-state index in [4.69, 9.17) is 5.26 Å². The summed E-state index contributed by atoms with van der Waals surface area (Å²) in [6, 6.07) is 14.3. The molecule has 0 spiro atoms. The zero-order chi connectivity index (χ0) is 13.2. The molecule has 0 bridgehead atoms. The maximum Gasteiger partial charge on any atom is 0.142 e. The Bertz CT molecular complexity index is 648. The van der Waals surface area contributed by atoms with E-state index in [0.29, 0.717) is 17.4 Å². The van der Waals surface area contributed by atoms with Crippen molar-refractivity contribution in [3.8, 4) is 6.07 Å². The van der Waals surface area contributed by atoms with Gasteiger partial charge in [-0.05, 0) is 36.2 Å². The number of nitrogens with zero attached hydrogens (tertiary/aromatic N) is 2. The zero-order valence-corrected chi connectivity index (χ0v) is 10.2. The van der Waals surface area contributed by atoms with Crippen LogP contribution >= 0.6 is 0 Å². The van der Waals surface area contributed by atoms with E-state index in [1.807, 2.05) is 18.2 Å². The number of nitriles is 1. The van der Waals surface area contributed by atoms with Crippen LogP contribution in [0.5, 0.6) is 0 Å². The van der Waals surface area contributed by atoms with Crippen molar-refractivity contribution in [1.29, 1.82) is 5.26 Å². The van der Waals surface area contributed by atoms with Gasteiger partial charge in [0.15, 0.2) is 0 Å². The Kier molecular flexibility index (Phi) is 2.88. The Hall–Kier alpha value is -2.41. The van der Waals surface area contributed by atoms with Gasteiger partial charge in [-0.25, -0.2) is 9.37 Å². The predicted octanol–water partition coefficient (Wildman–Crippen LogP) is 3.06. The summed E-state index contributed by atoms with van der Waals surface area (Å²) in [4.78, 5) is 4.17. The number of pyridine rings is 1. The molecule has 2 aromatic rings. The largest absolute Gasteiger partial charge is 0.367 e. The molecule has 1 aliphatic carbocycles. The molecule has 1 aromatic carbocycles. The summed E-state index contributed by atoms with van der Waals surface area (Å²) in [5, 5.41) is 12.1. The minimum atomic E-state index is -0.201. The maximum atomic E-state index is 13.1. The van der Waals surface area contributed by atoms with Crippen LogP contribution in [0.2, 0.25) is 0 Å². The van der Waals surface area contributed by atoms with E-state index in [1.54, 1.807) is 24.3 Å². The number of hydrogen-bond acceptors (Lipinski definition) is 3. The lowest BCUT2D eigenvalue weighted by molar-refractivity contribution is 0.625. The van der Waals surface area contributed by atoms with E-state index in [-0.39, 0.29) is 11.9 Å². The van der Waals surface area contributed by atoms with Gasteiger partial charge in [0.05, 0.1) is 0 Å². The van der Waals surface area contributed by atoms with E-state index in [1.165, 1.54) is 6.07 Å².